The highest BCUT2D eigenvalue weighted by atomic mass is 32.2. The summed E-state index contributed by atoms with van der Waals surface area (Å²) in [4.78, 5) is 13.5. The van der Waals surface area contributed by atoms with Crippen LogP contribution in [0.15, 0.2) is 70.3 Å². The molecule has 0 amide bonds. The van der Waals surface area contributed by atoms with Gasteiger partial charge < -0.3 is 18.6 Å². The molecule has 0 saturated heterocycles. The van der Waals surface area contributed by atoms with Gasteiger partial charge in [0.05, 0.1) is 21.3 Å². The molecular formula is C27H26N2O5S. The van der Waals surface area contributed by atoms with Crippen LogP contribution in [0.1, 0.15) is 32.3 Å². The van der Waals surface area contributed by atoms with Crippen molar-refractivity contribution in [3.8, 4) is 28.7 Å². The number of hydrogen-bond donors (Lipinski definition) is 0. The number of carbonyl (C=O) groups excluding carboxylic acids is 1. The summed E-state index contributed by atoms with van der Waals surface area (Å²) < 4.78 is 22.2. The third-order valence-electron chi connectivity index (χ3n) is 5.49. The van der Waals surface area contributed by atoms with Crippen molar-refractivity contribution in [3.05, 3.63) is 82.9 Å². The summed E-state index contributed by atoms with van der Waals surface area (Å²) in [6.07, 6.45) is 0. The number of Topliss-reactive ketones (excluding diaryl/α,β-unsaturated/α-hetero) is 1. The van der Waals surface area contributed by atoms with Crippen LogP contribution in [0.2, 0.25) is 0 Å². The number of benzene rings is 3. The first-order valence-corrected chi connectivity index (χ1v) is 11.8. The third-order valence-corrected chi connectivity index (χ3v) is 6.58. The molecule has 180 valence electrons. The van der Waals surface area contributed by atoms with E-state index >= 15 is 0 Å². The minimum absolute atomic E-state index is 0.0358. The van der Waals surface area contributed by atoms with Crippen LogP contribution in [-0.4, -0.2) is 37.3 Å². The molecule has 0 aliphatic rings. The van der Waals surface area contributed by atoms with E-state index in [1.165, 1.54) is 18.9 Å². The van der Waals surface area contributed by atoms with Crippen molar-refractivity contribution in [2.24, 2.45) is 0 Å². The number of carbonyl (C=O) groups is 1. The summed E-state index contributed by atoms with van der Waals surface area (Å²) in [6.45, 7) is 4.00. The SMILES string of the molecule is COc1cc(-c2nnc(S[C@@H](C(=O)c3ccc(C)cc3)c3ccc(C)cc3)o2)cc(OC)c1OC. The molecule has 35 heavy (non-hydrogen) atoms. The molecule has 0 unspecified atom stereocenters. The van der Waals surface area contributed by atoms with Gasteiger partial charge in [0.15, 0.2) is 17.3 Å². The molecular weight excluding hydrogens is 464 g/mol. The molecule has 0 aliphatic heterocycles. The highest BCUT2D eigenvalue weighted by Crippen LogP contribution is 2.42. The number of hydrogen-bond acceptors (Lipinski definition) is 8. The largest absolute Gasteiger partial charge is 0.493 e. The lowest BCUT2D eigenvalue weighted by atomic mass is 10.0. The van der Waals surface area contributed by atoms with E-state index in [1.54, 1.807) is 26.4 Å². The maximum absolute atomic E-state index is 13.5. The molecule has 0 bridgehead atoms. The van der Waals surface area contributed by atoms with Crippen LogP contribution >= 0.6 is 11.8 Å². The quantitative estimate of drug-likeness (QED) is 0.206. The zero-order chi connectivity index (χ0) is 24.9. The van der Waals surface area contributed by atoms with Crippen LogP contribution in [0.4, 0.5) is 0 Å². The van der Waals surface area contributed by atoms with Crippen molar-refractivity contribution in [1.29, 1.82) is 0 Å². The number of ketones is 1. The fourth-order valence-electron chi connectivity index (χ4n) is 3.56. The van der Waals surface area contributed by atoms with Crippen molar-refractivity contribution < 1.29 is 23.4 Å². The summed E-state index contributed by atoms with van der Waals surface area (Å²) in [7, 11) is 4.62. The zero-order valence-electron chi connectivity index (χ0n) is 20.2. The molecule has 1 heterocycles. The van der Waals surface area contributed by atoms with Gasteiger partial charge in [0.1, 0.15) is 5.25 Å². The van der Waals surface area contributed by atoms with Crippen molar-refractivity contribution in [3.63, 3.8) is 0 Å². The molecule has 3 aromatic carbocycles. The lowest BCUT2D eigenvalue weighted by molar-refractivity contribution is 0.0989. The van der Waals surface area contributed by atoms with Gasteiger partial charge >= 0.3 is 0 Å². The molecule has 7 nitrogen and oxygen atoms in total. The lowest BCUT2D eigenvalue weighted by Crippen LogP contribution is -2.10. The second kappa shape index (κ2) is 10.7. The van der Waals surface area contributed by atoms with Gasteiger partial charge in [-0.3, -0.25) is 4.79 Å². The Morgan fingerprint density at radius 3 is 1.94 bits per heavy atom. The van der Waals surface area contributed by atoms with E-state index in [-0.39, 0.29) is 16.9 Å². The van der Waals surface area contributed by atoms with E-state index in [0.717, 1.165) is 16.7 Å². The number of aryl methyl sites for hydroxylation is 2. The van der Waals surface area contributed by atoms with E-state index in [1.807, 2.05) is 62.4 Å². The molecule has 0 radical (unpaired) electrons. The topological polar surface area (TPSA) is 83.7 Å². The number of rotatable bonds is 9. The number of methoxy groups -OCH3 is 3. The summed E-state index contributed by atoms with van der Waals surface area (Å²) >= 11 is 1.22. The van der Waals surface area contributed by atoms with Gasteiger partial charge in [0, 0.05) is 11.1 Å². The van der Waals surface area contributed by atoms with Crippen LogP contribution in [0.3, 0.4) is 0 Å². The van der Waals surface area contributed by atoms with Crippen LogP contribution in [0, 0.1) is 13.8 Å². The first-order valence-electron chi connectivity index (χ1n) is 10.9. The average molecular weight is 491 g/mol. The zero-order valence-corrected chi connectivity index (χ0v) is 21.0. The highest BCUT2D eigenvalue weighted by molar-refractivity contribution is 8.00. The van der Waals surface area contributed by atoms with Crippen molar-refractivity contribution in [2.75, 3.05) is 21.3 Å². The van der Waals surface area contributed by atoms with Crippen molar-refractivity contribution in [2.45, 2.75) is 24.3 Å². The Kier molecular flexibility index (Phi) is 7.41. The summed E-state index contributed by atoms with van der Waals surface area (Å²) in [5.74, 6) is 1.65. The molecule has 4 rings (SSSR count). The number of thioether (sulfide) groups is 1. The first-order chi connectivity index (χ1) is 16.9. The smallest absolute Gasteiger partial charge is 0.277 e. The predicted octanol–water partition coefficient (Wildman–Crippen LogP) is 6.10. The second-order valence-corrected chi connectivity index (χ2v) is 8.98. The molecule has 1 aromatic heterocycles. The van der Waals surface area contributed by atoms with Gasteiger partial charge in [-0.05, 0) is 43.3 Å². The van der Waals surface area contributed by atoms with E-state index in [2.05, 4.69) is 10.2 Å². The first kappa shape index (κ1) is 24.3. The van der Waals surface area contributed by atoms with Crippen molar-refractivity contribution >= 4 is 17.5 Å². The highest BCUT2D eigenvalue weighted by Gasteiger charge is 2.26. The van der Waals surface area contributed by atoms with Crippen LogP contribution in [-0.2, 0) is 0 Å². The maximum atomic E-state index is 13.5. The normalized spacial score (nSPS) is 11.7. The molecule has 0 N–H and O–H groups in total. The van der Waals surface area contributed by atoms with Gasteiger partial charge in [-0.25, -0.2) is 0 Å². The fraction of sp³-hybridized carbons (Fsp3) is 0.222. The summed E-state index contributed by atoms with van der Waals surface area (Å²) in [6, 6.07) is 18.9. The predicted molar refractivity (Wildman–Crippen MR) is 135 cm³/mol. The Morgan fingerprint density at radius 2 is 1.40 bits per heavy atom. The van der Waals surface area contributed by atoms with Gasteiger partial charge in [-0.2, -0.15) is 0 Å². The maximum Gasteiger partial charge on any atom is 0.277 e. The van der Waals surface area contributed by atoms with Gasteiger partial charge in [0.2, 0.25) is 11.6 Å². The minimum atomic E-state index is -0.549. The number of nitrogens with zero attached hydrogens (tertiary/aromatic N) is 2. The van der Waals surface area contributed by atoms with E-state index in [9.17, 15) is 4.79 Å². The molecule has 4 aromatic rings. The van der Waals surface area contributed by atoms with E-state index in [0.29, 0.717) is 28.4 Å². The molecule has 0 fully saturated rings. The Balaban J connectivity index is 1.67. The Labute approximate surface area is 208 Å². The van der Waals surface area contributed by atoms with Crippen LogP contribution in [0.25, 0.3) is 11.5 Å². The van der Waals surface area contributed by atoms with Crippen LogP contribution in [0.5, 0.6) is 17.2 Å². The van der Waals surface area contributed by atoms with E-state index < -0.39 is 5.25 Å². The molecule has 0 spiro atoms. The number of aromatic nitrogens is 2. The van der Waals surface area contributed by atoms with Gasteiger partial charge in [-0.15, -0.1) is 10.2 Å². The monoisotopic (exact) mass is 490 g/mol. The Morgan fingerprint density at radius 1 is 0.829 bits per heavy atom. The molecule has 8 heteroatoms. The lowest BCUT2D eigenvalue weighted by Gasteiger charge is -2.15. The fourth-order valence-corrected chi connectivity index (χ4v) is 4.52. The minimum Gasteiger partial charge on any atom is -0.493 e. The Bertz CT molecular complexity index is 1290. The Hall–Kier alpha value is -3.78. The van der Waals surface area contributed by atoms with Crippen molar-refractivity contribution in [1.82, 2.24) is 10.2 Å². The second-order valence-electron chi connectivity index (χ2n) is 7.93. The number of ether oxygens (including phenoxy) is 3. The van der Waals surface area contributed by atoms with Gasteiger partial charge in [-0.1, -0.05) is 59.7 Å². The van der Waals surface area contributed by atoms with Crippen LogP contribution < -0.4 is 14.2 Å². The summed E-state index contributed by atoms with van der Waals surface area (Å²) in [5, 5.41) is 8.13. The average Bonchev–Trinajstić information content (AvgIpc) is 3.35. The summed E-state index contributed by atoms with van der Waals surface area (Å²) in [5.41, 5.74) is 4.29. The standard InChI is InChI=1S/C27H26N2O5S/c1-16-6-10-18(11-7-16)23(30)25(19-12-8-17(2)9-13-19)35-27-29-28-26(34-27)20-14-21(31-3)24(33-5)22(15-20)32-4/h6-15,25H,1-5H3/t25-/m1/s1. The molecule has 1 atom stereocenters. The molecule has 0 aliphatic carbocycles. The van der Waals surface area contributed by atoms with E-state index in [4.69, 9.17) is 18.6 Å². The molecule has 0 saturated carbocycles. The van der Waals surface area contributed by atoms with Gasteiger partial charge in [0.25, 0.3) is 5.22 Å². The third kappa shape index (κ3) is 5.33.